The summed E-state index contributed by atoms with van der Waals surface area (Å²) in [5.74, 6) is 0.875. The number of nitrogens with zero attached hydrogens (tertiary/aromatic N) is 3. The van der Waals surface area contributed by atoms with Crippen molar-refractivity contribution in [2.45, 2.75) is 25.8 Å². The number of nitrogens with two attached hydrogens (primary N) is 1. The smallest absolute Gasteiger partial charge is 0.276 e. The summed E-state index contributed by atoms with van der Waals surface area (Å²) in [7, 11) is 0. The zero-order valence-electron chi connectivity index (χ0n) is 12.6. The minimum absolute atomic E-state index is 0.0716. The lowest BCUT2D eigenvalue weighted by Gasteiger charge is -2.39. The van der Waals surface area contributed by atoms with E-state index in [1.807, 2.05) is 17.0 Å². The molecule has 0 spiro atoms. The number of likely N-dealkylation sites (tertiary alicyclic amines) is 1. The summed E-state index contributed by atoms with van der Waals surface area (Å²) in [5.41, 5.74) is 7.04. The molecule has 0 radical (unpaired) electrons. The second-order valence-corrected chi connectivity index (χ2v) is 5.73. The molecule has 2 atom stereocenters. The van der Waals surface area contributed by atoms with Crippen molar-refractivity contribution in [1.82, 2.24) is 15.0 Å². The molecule has 0 bridgehead atoms. The predicted molar refractivity (Wildman–Crippen MR) is 82.0 cm³/mol. The Labute approximate surface area is 129 Å². The molecule has 6 nitrogen and oxygen atoms in total. The second kappa shape index (κ2) is 6.27. The van der Waals surface area contributed by atoms with Crippen molar-refractivity contribution < 1.29 is 9.32 Å². The number of carbonyl (C=O) groups excluding carboxylic acids is 1. The van der Waals surface area contributed by atoms with Crippen LogP contribution >= 0.6 is 0 Å². The summed E-state index contributed by atoms with van der Waals surface area (Å²) >= 11 is 0. The van der Waals surface area contributed by atoms with E-state index in [1.165, 1.54) is 0 Å². The molecule has 116 valence electrons. The quantitative estimate of drug-likeness (QED) is 0.936. The van der Waals surface area contributed by atoms with E-state index in [0.29, 0.717) is 23.9 Å². The number of piperidine rings is 1. The molecule has 1 fully saturated rings. The lowest BCUT2D eigenvalue weighted by molar-refractivity contribution is 0.0522. The first-order chi connectivity index (χ1) is 10.7. The van der Waals surface area contributed by atoms with Gasteiger partial charge >= 0.3 is 0 Å². The van der Waals surface area contributed by atoms with Gasteiger partial charge < -0.3 is 15.2 Å². The zero-order valence-corrected chi connectivity index (χ0v) is 12.6. The topological polar surface area (TPSA) is 85.2 Å². The van der Waals surface area contributed by atoms with Crippen LogP contribution in [0.4, 0.5) is 0 Å². The van der Waals surface area contributed by atoms with Crippen molar-refractivity contribution in [2.75, 3.05) is 13.1 Å². The fraction of sp³-hybridized carbons (Fsp3) is 0.438. The van der Waals surface area contributed by atoms with Crippen molar-refractivity contribution in [2.24, 2.45) is 11.7 Å². The highest BCUT2D eigenvalue weighted by Crippen LogP contribution is 2.25. The van der Waals surface area contributed by atoms with Gasteiger partial charge in [0.25, 0.3) is 5.91 Å². The number of carbonyl (C=O) groups is 1. The van der Waals surface area contributed by atoms with Crippen molar-refractivity contribution in [3.05, 3.63) is 36.3 Å². The van der Waals surface area contributed by atoms with E-state index in [4.69, 9.17) is 10.3 Å². The molecule has 0 aliphatic carbocycles. The normalized spacial score (nSPS) is 21.8. The van der Waals surface area contributed by atoms with Gasteiger partial charge in [-0.2, -0.15) is 0 Å². The Kier molecular flexibility index (Phi) is 4.20. The Morgan fingerprint density at radius 3 is 2.95 bits per heavy atom. The van der Waals surface area contributed by atoms with Gasteiger partial charge in [0.15, 0.2) is 11.5 Å². The van der Waals surface area contributed by atoms with E-state index in [2.05, 4.69) is 17.1 Å². The zero-order chi connectivity index (χ0) is 15.5. The fourth-order valence-electron chi connectivity index (χ4n) is 3.04. The Hall–Kier alpha value is -2.21. The summed E-state index contributed by atoms with van der Waals surface area (Å²) < 4.78 is 5.30. The summed E-state index contributed by atoms with van der Waals surface area (Å²) in [6.45, 7) is 3.34. The minimum atomic E-state index is -0.106. The van der Waals surface area contributed by atoms with Crippen LogP contribution in [0, 0.1) is 5.92 Å². The van der Waals surface area contributed by atoms with Crippen LogP contribution in [0.2, 0.25) is 0 Å². The maximum Gasteiger partial charge on any atom is 0.276 e. The maximum atomic E-state index is 12.7. The third kappa shape index (κ3) is 2.74. The summed E-state index contributed by atoms with van der Waals surface area (Å²) in [6.07, 6.45) is 5.46. The van der Waals surface area contributed by atoms with Crippen LogP contribution in [0.1, 0.15) is 30.3 Å². The first-order valence-corrected chi connectivity index (χ1v) is 7.59. The summed E-state index contributed by atoms with van der Waals surface area (Å²) in [6, 6.07) is 5.40. The Morgan fingerprint density at radius 1 is 1.45 bits per heavy atom. The monoisotopic (exact) mass is 300 g/mol. The lowest BCUT2D eigenvalue weighted by Crippen LogP contribution is -2.51. The molecule has 0 aromatic carbocycles. The number of amides is 1. The number of hydrogen-bond donors (Lipinski definition) is 1. The first-order valence-electron chi connectivity index (χ1n) is 7.59. The third-order valence-corrected chi connectivity index (χ3v) is 4.31. The van der Waals surface area contributed by atoms with E-state index in [1.54, 1.807) is 18.5 Å². The standard InChI is InChI=1S/C16H20N4O2/c1-11-3-2-8-20(14(11)10-17)16(21)13-9-15(22-19-13)12-4-6-18-7-5-12/h4-7,9,11,14H,2-3,8,10,17H2,1H3. The Bertz CT molecular complexity index is 641. The van der Waals surface area contributed by atoms with Gasteiger partial charge in [-0.1, -0.05) is 12.1 Å². The van der Waals surface area contributed by atoms with E-state index < -0.39 is 0 Å². The third-order valence-electron chi connectivity index (χ3n) is 4.31. The van der Waals surface area contributed by atoms with Gasteiger partial charge in [-0.3, -0.25) is 9.78 Å². The molecule has 2 unspecified atom stereocenters. The van der Waals surface area contributed by atoms with Crippen LogP contribution in [0.5, 0.6) is 0 Å². The highest BCUT2D eigenvalue weighted by Gasteiger charge is 2.32. The SMILES string of the molecule is CC1CCCN(C(=O)c2cc(-c3ccncc3)on2)C1CN. The Morgan fingerprint density at radius 2 is 2.23 bits per heavy atom. The average Bonchev–Trinajstić information content (AvgIpc) is 3.05. The highest BCUT2D eigenvalue weighted by atomic mass is 16.5. The van der Waals surface area contributed by atoms with Crippen molar-refractivity contribution >= 4 is 5.91 Å². The molecule has 3 rings (SSSR count). The van der Waals surface area contributed by atoms with Crippen LogP contribution in [-0.2, 0) is 0 Å². The van der Waals surface area contributed by atoms with Gasteiger partial charge in [-0.05, 0) is 30.9 Å². The van der Waals surface area contributed by atoms with Gasteiger partial charge in [0.1, 0.15) is 0 Å². The minimum Gasteiger partial charge on any atom is -0.355 e. The van der Waals surface area contributed by atoms with E-state index in [-0.39, 0.29) is 11.9 Å². The maximum absolute atomic E-state index is 12.7. The molecular formula is C16H20N4O2. The van der Waals surface area contributed by atoms with Gasteiger partial charge in [0.05, 0.1) is 0 Å². The van der Waals surface area contributed by atoms with Crippen molar-refractivity contribution in [3.63, 3.8) is 0 Å². The van der Waals surface area contributed by atoms with Crippen molar-refractivity contribution in [3.8, 4) is 11.3 Å². The first kappa shape index (κ1) is 14.7. The fourth-order valence-corrected chi connectivity index (χ4v) is 3.04. The molecule has 1 aliphatic rings. The van der Waals surface area contributed by atoms with Gasteiger partial charge in [-0.25, -0.2) is 0 Å². The molecule has 22 heavy (non-hydrogen) atoms. The van der Waals surface area contributed by atoms with E-state index in [9.17, 15) is 4.79 Å². The molecule has 0 saturated carbocycles. The van der Waals surface area contributed by atoms with Crippen LogP contribution < -0.4 is 5.73 Å². The highest BCUT2D eigenvalue weighted by molar-refractivity contribution is 5.93. The average molecular weight is 300 g/mol. The van der Waals surface area contributed by atoms with Gasteiger partial charge in [-0.15, -0.1) is 0 Å². The molecule has 3 heterocycles. The number of hydrogen-bond acceptors (Lipinski definition) is 5. The molecule has 1 aliphatic heterocycles. The van der Waals surface area contributed by atoms with E-state index >= 15 is 0 Å². The predicted octanol–water partition coefficient (Wildman–Crippen LogP) is 1.94. The Balaban J connectivity index is 1.82. The van der Waals surface area contributed by atoms with Gasteiger partial charge in [0, 0.05) is 43.2 Å². The van der Waals surface area contributed by atoms with Crippen LogP contribution in [0.25, 0.3) is 11.3 Å². The molecule has 2 aromatic heterocycles. The molecule has 1 amide bonds. The molecule has 2 N–H and O–H groups in total. The van der Waals surface area contributed by atoms with E-state index in [0.717, 1.165) is 24.9 Å². The molecule has 6 heteroatoms. The number of pyridine rings is 1. The summed E-state index contributed by atoms with van der Waals surface area (Å²) in [5, 5.41) is 3.93. The van der Waals surface area contributed by atoms with Gasteiger partial charge in [0.2, 0.25) is 0 Å². The molecular weight excluding hydrogens is 280 g/mol. The second-order valence-electron chi connectivity index (χ2n) is 5.73. The molecule has 1 saturated heterocycles. The summed E-state index contributed by atoms with van der Waals surface area (Å²) in [4.78, 5) is 18.5. The van der Waals surface area contributed by atoms with Crippen molar-refractivity contribution in [1.29, 1.82) is 0 Å². The lowest BCUT2D eigenvalue weighted by atomic mass is 9.90. The van der Waals surface area contributed by atoms with Crippen LogP contribution in [0.3, 0.4) is 0 Å². The molecule has 2 aromatic rings. The number of rotatable bonds is 3. The number of aromatic nitrogens is 2. The van der Waals surface area contributed by atoms with Crippen LogP contribution in [-0.4, -0.2) is 40.1 Å². The largest absolute Gasteiger partial charge is 0.355 e. The van der Waals surface area contributed by atoms with Crippen LogP contribution in [0.15, 0.2) is 35.1 Å².